The third-order valence-corrected chi connectivity index (χ3v) is 10.5. The number of aromatic amines is 1. The smallest absolute Gasteiger partial charge is 0.277 e. The largest absolute Gasteiger partial charge is 0.307 e. The Morgan fingerprint density at radius 3 is 2.62 bits per heavy atom. The van der Waals surface area contributed by atoms with Crippen molar-refractivity contribution in [3.63, 3.8) is 0 Å². The first kappa shape index (κ1) is 28.9. The number of ketones is 1. The van der Waals surface area contributed by atoms with Crippen LogP contribution in [0.5, 0.6) is 0 Å². The molecule has 2 aromatic heterocycles. The Morgan fingerprint density at radius 1 is 1.23 bits per heavy atom. The molecule has 0 saturated heterocycles. The van der Waals surface area contributed by atoms with Crippen molar-refractivity contribution in [3.8, 4) is 0 Å². The quantitative estimate of drug-likeness (QED) is 0.454. The molecule has 4 rings (SSSR count). The maximum absolute atomic E-state index is 13.1. The fourth-order valence-corrected chi connectivity index (χ4v) is 6.96. The average molecular weight is 554 g/mol. The molecule has 0 fully saturated rings. The fraction of sp³-hybridized carbons (Fsp3) is 0.517. The van der Waals surface area contributed by atoms with Gasteiger partial charge < -0.3 is 4.98 Å². The van der Waals surface area contributed by atoms with Crippen LogP contribution >= 0.6 is 0 Å². The lowest BCUT2D eigenvalue weighted by molar-refractivity contribution is -0.118. The number of hydrogen-bond acceptors (Lipinski definition) is 6. The van der Waals surface area contributed by atoms with Gasteiger partial charge in [0, 0.05) is 6.42 Å². The minimum absolute atomic E-state index is 0.0154. The number of fused-ring (bicyclic) bond motifs is 1. The third kappa shape index (κ3) is 5.63. The van der Waals surface area contributed by atoms with Crippen molar-refractivity contribution in [2.45, 2.75) is 83.8 Å². The molecule has 0 bridgehead atoms. The lowest BCUT2D eigenvalue weighted by atomic mass is 9.78. The minimum atomic E-state index is -3.60. The van der Waals surface area contributed by atoms with Gasteiger partial charge >= 0.3 is 0 Å². The molecule has 10 heteroatoms. The van der Waals surface area contributed by atoms with Crippen LogP contribution in [0.2, 0.25) is 0 Å². The van der Waals surface area contributed by atoms with E-state index in [1.165, 1.54) is 11.6 Å². The molecule has 2 aliphatic rings. The van der Waals surface area contributed by atoms with Gasteiger partial charge in [-0.25, -0.2) is 22.6 Å². The van der Waals surface area contributed by atoms with Crippen LogP contribution in [0.4, 0.5) is 0 Å². The van der Waals surface area contributed by atoms with Gasteiger partial charge in [0.25, 0.3) is 5.56 Å². The number of H-pyrrole nitrogens is 1. The predicted octanol–water partition coefficient (Wildman–Crippen LogP) is 4.22. The maximum atomic E-state index is 13.1. The van der Waals surface area contributed by atoms with E-state index in [2.05, 4.69) is 45.9 Å². The lowest BCUT2D eigenvalue weighted by Gasteiger charge is -2.33. The summed E-state index contributed by atoms with van der Waals surface area (Å²) in [5.41, 5.74) is 2.14. The third-order valence-electron chi connectivity index (χ3n) is 8.34. The van der Waals surface area contributed by atoms with Gasteiger partial charge in [-0.1, -0.05) is 60.9 Å². The first-order chi connectivity index (χ1) is 18.3. The number of hydrogen-bond donors (Lipinski definition) is 2. The molecule has 2 heterocycles. The zero-order valence-electron chi connectivity index (χ0n) is 23.7. The molecule has 3 atom stereocenters. The number of sulfonamides is 1. The van der Waals surface area contributed by atoms with E-state index in [1.807, 2.05) is 6.08 Å². The number of allylic oxidation sites excluding steroid dienone is 7. The van der Waals surface area contributed by atoms with Crippen molar-refractivity contribution in [1.82, 2.24) is 24.3 Å². The van der Waals surface area contributed by atoms with Gasteiger partial charge in [0.15, 0.2) is 5.52 Å². The van der Waals surface area contributed by atoms with Crippen molar-refractivity contribution in [2.24, 2.45) is 5.41 Å². The van der Waals surface area contributed by atoms with Crippen LogP contribution in [-0.4, -0.2) is 45.6 Å². The van der Waals surface area contributed by atoms with Crippen LogP contribution in [0.1, 0.15) is 83.1 Å². The Hall–Kier alpha value is -3.11. The molecule has 0 aromatic carbocycles. The van der Waals surface area contributed by atoms with E-state index in [4.69, 9.17) is 5.10 Å². The lowest BCUT2D eigenvalue weighted by Crippen LogP contribution is -2.44. The van der Waals surface area contributed by atoms with Crippen LogP contribution in [0.25, 0.3) is 5.52 Å². The van der Waals surface area contributed by atoms with Gasteiger partial charge in [0.1, 0.15) is 22.2 Å². The molecule has 39 heavy (non-hydrogen) atoms. The highest BCUT2D eigenvalue weighted by Gasteiger charge is 2.42. The van der Waals surface area contributed by atoms with E-state index >= 15 is 0 Å². The number of Topliss-reactive ketones (excluding diaryl/α,β-unsaturated/α-hetero) is 1. The molecule has 2 aliphatic carbocycles. The maximum Gasteiger partial charge on any atom is 0.277 e. The standard InChI is InChI=1S/C29H39N5O4S/c1-19-12-13-22(18-29(19,5)39(37,38)30-6)17-24-32-27(36)25-20(2)31-26(34(25)33-24)23(21(3)35)11-10-16-28(4)14-8-7-9-15-28/h7-9,12-14,23,30H,10-11,15-18H2,1-6H3,(H,32,33,36). The summed E-state index contributed by atoms with van der Waals surface area (Å²) in [5.74, 6) is 0.369. The fourth-order valence-electron chi connectivity index (χ4n) is 5.64. The van der Waals surface area contributed by atoms with Gasteiger partial charge in [0.05, 0.1) is 11.6 Å². The summed E-state index contributed by atoms with van der Waals surface area (Å²) in [5, 5.41) is 4.71. The number of nitrogens with one attached hydrogen (secondary N) is 2. The highest BCUT2D eigenvalue weighted by Crippen LogP contribution is 2.37. The molecule has 0 amide bonds. The van der Waals surface area contributed by atoms with E-state index in [0.717, 1.165) is 30.4 Å². The summed E-state index contributed by atoms with van der Waals surface area (Å²) in [7, 11) is -2.18. The number of aromatic nitrogens is 4. The van der Waals surface area contributed by atoms with Crippen molar-refractivity contribution in [1.29, 1.82) is 0 Å². The normalized spacial score (nSPS) is 24.1. The molecule has 2 N–H and O–H groups in total. The van der Waals surface area contributed by atoms with Crippen LogP contribution in [0.15, 0.2) is 52.4 Å². The SMILES string of the molecule is CNS(=O)(=O)C1(C)CC(Cc2nn3c(C(CCCC4(C)C=CC=CC4)C(C)=O)nc(C)c3c(=O)[nH]2)=CC=C1C. The monoisotopic (exact) mass is 553 g/mol. The van der Waals surface area contributed by atoms with Crippen LogP contribution in [-0.2, 0) is 21.2 Å². The van der Waals surface area contributed by atoms with Gasteiger partial charge in [-0.05, 0) is 65.8 Å². The highest BCUT2D eigenvalue weighted by atomic mass is 32.2. The van der Waals surface area contributed by atoms with Crippen LogP contribution in [0.3, 0.4) is 0 Å². The molecular weight excluding hydrogens is 514 g/mol. The second-order valence-corrected chi connectivity index (χ2v) is 13.7. The van der Waals surface area contributed by atoms with Gasteiger partial charge in [-0.15, -0.1) is 0 Å². The van der Waals surface area contributed by atoms with E-state index in [-0.39, 0.29) is 29.6 Å². The minimum Gasteiger partial charge on any atom is -0.307 e. The van der Waals surface area contributed by atoms with Gasteiger partial charge in [0.2, 0.25) is 10.0 Å². The molecule has 0 saturated carbocycles. The zero-order valence-corrected chi connectivity index (χ0v) is 24.5. The summed E-state index contributed by atoms with van der Waals surface area (Å²) >= 11 is 0. The Labute approximate surface area is 230 Å². The van der Waals surface area contributed by atoms with Crippen molar-refractivity contribution in [2.75, 3.05) is 7.05 Å². The highest BCUT2D eigenvalue weighted by molar-refractivity contribution is 7.91. The Morgan fingerprint density at radius 2 is 1.97 bits per heavy atom. The first-order valence-corrected chi connectivity index (χ1v) is 14.9. The van der Waals surface area contributed by atoms with Crippen molar-refractivity contribution >= 4 is 21.3 Å². The topological polar surface area (TPSA) is 126 Å². The van der Waals surface area contributed by atoms with E-state index in [1.54, 1.807) is 33.8 Å². The Kier molecular flexibility index (Phi) is 8.01. The molecule has 9 nitrogen and oxygen atoms in total. The second-order valence-electron chi connectivity index (χ2n) is 11.4. The summed E-state index contributed by atoms with van der Waals surface area (Å²) in [6.07, 6.45) is 16.1. The average Bonchev–Trinajstić information content (AvgIpc) is 3.20. The van der Waals surface area contributed by atoms with Crippen molar-refractivity contribution in [3.05, 3.63) is 75.3 Å². The second kappa shape index (κ2) is 10.8. The first-order valence-electron chi connectivity index (χ1n) is 13.4. The number of nitrogens with zero attached hydrogens (tertiary/aromatic N) is 3. The molecular formula is C29H39N5O4S. The number of carbonyl (C=O) groups is 1. The molecule has 2 aromatic rings. The van der Waals surface area contributed by atoms with E-state index < -0.39 is 20.7 Å². The van der Waals surface area contributed by atoms with Gasteiger partial charge in [-0.2, -0.15) is 5.10 Å². The summed E-state index contributed by atoms with van der Waals surface area (Å²) < 4.78 is 28.5. The number of imidazole rings is 1. The number of carbonyl (C=O) groups excluding carboxylic acids is 1. The van der Waals surface area contributed by atoms with Gasteiger partial charge in [-0.3, -0.25) is 9.59 Å². The van der Waals surface area contributed by atoms with Crippen LogP contribution in [0, 0.1) is 12.3 Å². The molecule has 3 unspecified atom stereocenters. The summed E-state index contributed by atoms with van der Waals surface area (Å²) in [6.45, 7) is 9.04. The van der Waals surface area contributed by atoms with E-state index in [0.29, 0.717) is 29.3 Å². The summed E-state index contributed by atoms with van der Waals surface area (Å²) in [6, 6.07) is 0. The Bertz CT molecular complexity index is 1580. The number of aryl methyl sites for hydroxylation is 1. The van der Waals surface area contributed by atoms with Crippen LogP contribution < -0.4 is 10.3 Å². The predicted molar refractivity (Wildman–Crippen MR) is 153 cm³/mol. The number of rotatable bonds is 10. The van der Waals surface area contributed by atoms with E-state index in [9.17, 15) is 18.0 Å². The molecule has 0 spiro atoms. The molecule has 210 valence electrons. The summed E-state index contributed by atoms with van der Waals surface area (Å²) in [4.78, 5) is 33.4. The van der Waals surface area contributed by atoms with Crippen molar-refractivity contribution < 1.29 is 13.2 Å². The molecule has 0 aliphatic heterocycles. The Balaban J connectivity index is 1.63. The zero-order chi connectivity index (χ0) is 28.6. The molecule has 0 radical (unpaired) electrons.